The van der Waals surface area contributed by atoms with Crippen LogP contribution in [0.1, 0.15) is 12.8 Å². The number of fused-ring (bicyclic) bond motifs is 6. The Morgan fingerprint density at radius 2 is 0.745 bits per heavy atom. The quantitative estimate of drug-likeness (QED) is 0.0905. The second kappa shape index (κ2) is 12.6. The Balaban J connectivity index is 1.37. The molecule has 2 heterocycles. The number of para-hydroxylation sites is 4. The molecular weight excluding hydrogens is 742 g/mol. The van der Waals surface area contributed by atoms with Gasteiger partial charge in [-0.05, 0) is 0 Å². The molecule has 0 amide bonds. The summed E-state index contributed by atoms with van der Waals surface area (Å²) in [4.78, 5) is 0. The molecule has 10 rings (SSSR count). The van der Waals surface area contributed by atoms with Crippen LogP contribution >= 0.6 is 0 Å². The topological polar surface area (TPSA) is 9.86 Å². The van der Waals surface area contributed by atoms with Gasteiger partial charge in [0, 0.05) is 0 Å². The minimum absolute atomic E-state index is 0.0809. The molecule has 0 N–H and O–H groups in total. The Morgan fingerprint density at radius 1 is 0.418 bits per heavy atom. The van der Waals surface area contributed by atoms with E-state index in [1.807, 2.05) is 48.5 Å². The molecule has 0 unspecified atom stereocenters. The fourth-order valence-electron chi connectivity index (χ4n) is 8.95. The van der Waals surface area contributed by atoms with E-state index in [2.05, 4.69) is 0 Å². The molecule has 2 aliphatic rings. The van der Waals surface area contributed by atoms with Crippen molar-refractivity contribution in [3.05, 3.63) is 188 Å². The van der Waals surface area contributed by atoms with Crippen LogP contribution in [0.15, 0.2) is 153 Å². The van der Waals surface area contributed by atoms with Crippen LogP contribution in [0.3, 0.4) is 0 Å². The predicted octanol–water partition coefficient (Wildman–Crippen LogP) is 11.5. The predicted molar refractivity (Wildman–Crippen MR) is 204 cm³/mol. The van der Waals surface area contributed by atoms with E-state index >= 15 is 26.3 Å². The number of halogens is 6. The number of hydrogen-bond donors (Lipinski definition) is 0. The number of nitrogens with zero attached hydrogens (tertiary/aromatic N) is 2. The van der Waals surface area contributed by atoms with Crippen molar-refractivity contribution in [2.75, 3.05) is 0 Å². The standard InChI is InChI=1S/2C18H9F3N.2C5H5.Ti/c2*19-13-9-15(21)18(10-14(13)20)22-16-7-3-1-5-11(16)12-6-2-4-8-17(12)22;2*1-2-4-5-3-1;/h2*1-8,10H;2*1-3H,4H2;. The number of rotatable bonds is 6. The molecule has 2 aromatic heterocycles. The SMILES string of the molecule is Fc1cc(-n2c3ccccc3c3ccccc32)c(F)[c]([Ti]([C]2=CC=CC2)([C]2=CC=CC2)[c]2c(F)c(F)cc(-n3c4ccccc4c4ccccc43)c2F)c1F. The summed E-state index contributed by atoms with van der Waals surface area (Å²) in [5.74, 6) is -8.20. The van der Waals surface area contributed by atoms with Gasteiger partial charge in [-0.3, -0.25) is 0 Å². The summed E-state index contributed by atoms with van der Waals surface area (Å²) < 4.78 is 106. The molecule has 0 atom stereocenters. The first kappa shape index (κ1) is 33.7. The second-order valence-corrected chi connectivity index (χ2v) is 19.8. The summed E-state index contributed by atoms with van der Waals surface area (Å²) >= 11 is -5.73. The Morgan fingerprint density at radius 3 is 1.05 bits per heavy atom. The zero-order valence-corrected chi connectivity index (χ0v) is 30.5. The van der Waals surface area contributed by atoms with Crippen molar-refractivity contribution in [3.8, 4) is 11.4 Å². The van der Waals surface area contributed by atoms with Gasteiger partial charge in [-0.1, -0.05) is 0 Å². The third-order valence-electron chi connectivity index (χ3n) is 11.2. The first-order chi connectivity index (χ1) is 26.8. The van der Waals surface area contributed by atoms with Crippen molar-refractivity contribution in [2.24, 2.45) is 0 Å². The third-order valence-corrected chi connectivity index (χ3v) is 19.1. The van der Waals surface area contributed by atoms with Crippen molar-refractivity contribution >= 4 is 51.3 Å². The normalized spacial score (nSPS) is 14.3. The Kier molecular flexibility index (Phi) is 7.74. The van der Waals surface area contributed by atoms with Crippen LogP contribution in [0.2, 0.25) is 0 Å². The number of benzene rings is 6. The minimum atomic E-state index is -5.73. The molecule has 2 nitrogen and oxygen atoms in total. The molecule has 6 aromatic carbocycles. The van der Waals surface area contributed by atoms with E-state index in [-0.39, 0.29) is 24.2 Å². The van der Waals surface area contributed by atoms with Gasteiger partial charge >= 0.3 is 316 Å². The molecule has 0 saturated carbocycles. The number of aromatic nitrogens is 2. The number of hydrogen-bond acceptors (Lipinski definition) is 0. The van der Waals surface area contributed by atoms with Gasteiger partial charge in [-0.25, -0.2) is 0 Å². The Bertz CT molecular complexity index is 2760. The van der Waals surface area contributed by atoms with E-state index < -0.39 is 59.2 Å². The van der Waals surface area contributed by atoms with Gasteiger partial charge in [0.15, 0.2) is 0 Å². The molecule has 8 aromatic rings. The molecule has 2 aliphatic carbocycles. The number of allylic oxidation sites excluding steroid dienone is 8. The van der Waals surface area contributed by atoms with Crippen LogP contribution in [-0.2, 0) is 16.6 Å². The summed E-state index contributed by atoms with van der Waals surface area (Å²) in [6.45, 7) is 0. The van der Waals surface area contributed by atoms with Crippen LogP contribution in [-0.4, -0.2) is 9.13 Å². The summed E-state index contributed by atoms with van der Waals surface area (Å²) in [6, 6.07) is 30.4. The fourth-order valence-corrected chi connectivity index (χ4v) is 17.2. The van der Waals surface area contributed by atoms with Crippen molar-refractivity contribution in [1.82, 2.24) is 9.13 Å². The molecule has 0 spiro atoms. The fraction of sp³-hybridized carbons (Fsp3) is 0.0435. The van der Waals surface area contributed by atoms with Crippen LogP contribution < -0.4 is 7.74 Å². The maximum absolute atomic E-state index is 18.2. The Labute approximate surface area is 314 Å². The molecule has 0 fully saturated rings. The van der Waals surface area contributed by atoms with E-state index in [1.54, 1.807) is 85.0 Å². The molecule has 0 radical (unpaired) electrons. The van der Waals surface area contributed by atoms with Gasteiger partial charge < -0.3 is 0 Å². The second-order valence-electron chi connectivity index (χ2n) is 13.9. The first-order valence-electron chi connectivity index (χ1n) is 17.9. The van der Waals surface area contributed by atoms with E-state index in [1.165, 1.54) is 9.13 Å². The molecule has 268 valence electrons. The van der Waals surface area contributed by atoms with Gasteiger partial charge in [-0.15, -0.1) is 0 Å². The van der Waals surface area contributed by atoms with Crippen LogP contribution in [0.25, 0.3) is 55.0 Å². The van der Waals surface area contributed by atoms with Crippen molar-refractivity contribution < 1.29 is 42.9 Å². The first-order valence-corrected chi connectivity index (χ1v) is 21.0. The van der Waals surface area contributed by atoms with Gasteiger partial charge in [0.05, 0.1) is 0 Å². The average Bonchev–Trinajstić information content (AvgIpc) is 4.04. The average molecular weight is 771 g/mol. The zero-order chi connectivity index (χ0) is 37.6. The third kappa shape index (κ3) is 4.68. The summed E-state index contributed by atoms with van der Waals surface area (Å²) in [5.41, 5.74) is 1.46. The van der Waals surface area contributed by atoms with Gasteiger partial charge in [0.2, 0.25) is 0 Å². The van der Waals surface area contributed by atoms with Gasteiger partial charge in [0.25, 0.3) is 0 Å². The van der Waals surface area contributed by atoms with Crippen LogP contribution in [0, 0.1) is 34.9 Å². The van der Waals surface area contributed by atoms with E-state index in [9.17, 15) is 0 Å². The Hall–Kier alpha value is -5.83. The summed E-state index contributed by atoms with van der Waals surface area (Å²) in [5, 5.41) is 3.00. The molecule has 0 saturated heterocycles. The molecular formula is C46H28F6N2Ti. The summed E-state index contributed by atoms with van der Waals surface area (Å²) in [7, 11) is 0. The van der Waals surface area contributed by atoms with Crippen LogP contribution in [0.4, 0.5) is 26.3 Å². The van der Waals surface area contributed by atoms with Crippen molar-refractivity contribution in [1.29, 1.82) is 0 Å². The molecule has 9 heteroatoms. The monoisotopic (exact) mass is 770 g/mol. The molecule has 0 aliphatic heterocycles. The van der Waals surface area contributed by atoms with E-state index in [4.69, 9.17) is 0 Å². The molecule has 55 heavy (non-hydrogen) atoms. The molecule has 0 bridgehead atoms. The van der Waals surface area contributed by atoms with E-state index in [0.29, 0.717) is 29.8 Å². The van der Waals surface area contributed by atoms with Gasteiger partial charge in [0.1, 0.15) is 0 Å². The van der Waals surface area contributed by atoms with Crippen molar-refractivity contribution in [3.63, 3.8) is 0 Å². The van der Waals surface area contributed by atoms with Crippen LogP contribution in [0.5, 0.6) is 0 Å². The van der Waals surface area contributed by atoms with Crippen molar-refractivity contribution in [2.45, 2.75) is 12.8 Å². The van der Waals surface area contributed by atoms with Gasteiger partial charge in [-0.2, -0.15) is 0 Å². The zero-order valence-electron chi connectivity index (χ0n) is 28.9. The summed E-state index contributed by atoms with van der Waals surface area (Å²) in [6.07, 6.45) is 10.1. The van der Waals surface area contributed by atoms with E-state index in [0.717, 1.165) is 33.7 Å². The maximum atomic E-state index is 18.2.